The molecule has 71 heavy (non-hydrogen) atoms. The molecule has 17 heteroatoms. The van der Waals surface area contributed by atoms with Crippen molar-refractivity contribution in [2.45, 2.75) is 167 Å². The second kappa shape index (κ2) is 26.3. The van der Waals surface area contributed by atoms with Crippen LogP contribution in [0.15, 0.2) is 42.5 Å². The van der Waals surface area contributed by atoms with Gasteiger partial charge in [-0.25, -0.2) is 5.06 Å². The third kappa shape index (κ3) is 13.9. The third-order valence-electron chi connectivity index (χ3n) is 15.5. The number of hydrogen-bond acceptors (Lipinski definition) is 11. The first-order valence-corrected chi connectivity index (χ1v) is 26.3. The lowest BCUT2D eigenvalue weighted by Gasteiger charge is -2.41. The predicted octanol–water partition coefficient (Wildman–Crippen LogP) is 5.09. The smallest absolute Gasteiger partial charge is 0.272 e. The fraction of sp³-hybridized carbons (Fsp3) is 0.722. The Morgan fingerprint density at radius 2 is 1.52 bits per heavy atom. The average molecular weight is 992 g/mol. The van der Waals surface area contributed by atoms with Gasteiger partial charge in [0.05, 0.1) is 49.3 Å². The fourth-order valence-corrected chi connectivity index (χ4v) is 11.2. The van der Waals surface area contributed by atoms with E-state index in [1.54, 1.807) is 38.0 Å². The third-order valence-corrected chi connectivity index (χ3v) is 15.5. The molecule has 3 fully saturated rings. The number of methoxy groups -OCH3 is 2. The Morgan fingerprint density at radius 3 is 2.11 bits per heavy atom. The number of likely N-dealkylation sites (N-methyl/N-ethyl adjacent to an activating group) is 2. The molecule has 3 heterocycles. The first-order valence-electron chi connectivity index (χ1n) is 26.3. The van der Waals surface area contributed by atoms with Gasteiger partial charge in [-0.3, -0.25) is 48.2 Å². The molecule has 1 aromatic rings. The maximum atomic E-state index is 14.7. The fourth-order valence-electron chi connectivity index (χ4n) is 11.2. The number of nitrogens with zero attached hydrogens (tertiary/aromatic N) is 5. The zero-order valence-corrected chi connectivity index (χ0v) is 44.5. The van der Waals surface area contributed by atoms with Gasteiger partial charge in [-0.1, -0.05) is 98.1 Å². The molecular weight excluding hydrogens is 907 g/mol. The van der Waals surface area contributed by atoms with E-state index in [2.05, 4.69) is 10.6 Å². The van der Waals surface area contributed by atoms with E-state index in [4.69, 9.17) is 14.3 Å². The summed E-state index contributed by atoms with van der Waals surface area (Å²) in [7, 11) is 6.76. The topological polar surface area (TPSA) is 187 Å². The number of unbranched alkanes of at least 4 members (excludes halogenated alkanes) is 3. The summed E-state index contributed by atoms with van der Waals surface area (Å²) in [5.41, 5.74) is -0.187. The largest absolute Gasteiger partial charge is 0.379 e. The average Bonchev–Trinajstić information content (AvgIpc) is 3.70. The van der Waals surface area contributed by atoms with Gasteiger partial charge in [-0.05, 0) is 81.9 Å². The van der Waals surface area contributed by atoms with Gasteiger partial charge >= 0.3 is 0 Å². The number of hydrogen-bond donors (Lipinski definition) is 2. The van der Waals surface area contributed by atoms with Gasteiger partial charge in [0.1, 0.15) is 11.6 Å². The minimum Gasteiger partial charge on any atom is -0.379 e. The van der Waals surface area contributed by atoms with Crippen LogP contribution in [0.2, 0.25) is 0 Å². The van der Waals surface area contributed by atoms with Gasteiger partial charge in [0.25, 0.3) is 17.7 Å². The summed E-state index contributed by atoms with van der Waals surface area (Å²) in [6.07, 6.45) is 8.63. The first-order chi connectivity index (χ1) is 33.8. The molecule has 2 saturated heterocycles. The van der Waals surface area contributed by atoms with Crippen molar-refractivity contribution in [3.8, 4) is 0 Å². The molecular formula is C54H85N7O10. The molecule has 1 aromatic carbocycles. The highest BCUT2D eigenvalue weighted by Crippen LogP contribution is 2.53. The Morgan fingerprint density at radius 1 is 0.845 bits per heavy atom. The Labute approximate surface area is 423 Å². The number of hydroxylamine groups is 2. The van der Waals surface area contributed by atoms with Crippen molar-refractivity contribution < 1.29 is 47.9 Å². The highest BCUT2D eigenvalue weighted by Gasteiger charge is 2.64. The van der Waals surface area contributed by atoms with E-state index in [1.165, 1.54) is 22.1 Å². The number of carbonyl (C=O) groups excluding carboxylic acids is 7. The zero-order valence-electron chi connectivity index (χ0n) is 44.5. The quantitative estimate of drug-likeness (QED) is 0.0884. The van der Waals surface area contributed by atoms with Crippen molar-refractivity contribution in [1.82, 2.24) is 35.3 Å². The normalized spacial score (nSPS) is 23.2. The molecule has 17 nitrogen and oxygen atoms in total. The SMILES string of the molecule is CCC(C)C(C(CC(=O)N1CCC[C@H]1C(OC)C(C)C(=O)N[C@@]1(C(=O)N2CCCCO2)C[C@@H]1c1ccccc1)OC)N(C)C(=O)C(NC(=O)C(C(C)C)N(C)CCCCCCN1C(=O)C=CC1=O)C(C)C. The number of imide groups is 1. The van der Waals surface area contributed by atoms with E-state index < -0.39 is 47.8 Å². The van der Waals surface area contributed by atoms with E-state index in [-0.39, 0.29) is 71.4 Å². The number of nitrogens with one attached hydrogen (secondary N) is 2. The Balaban J connectivity index is 1.23. The molecule has 1 saturated carbocycles. The van der Waals surface area contributed by atoms with Crippen LogP contribution in [0.3, 0.4) is 0 Å². The molecule has 4 aliphatic rings. The maximum absolute atomic E-state index is 14.7. The van der Waals surface area contributed by atoms with Crippen LogP contribution in [0.25, 0.3) is 0 Å². The van der Waals surface area contributed by atoms with Crippen LogP contribution in [-0.2, 0) is 47.9 Å². The van der Waals surface area contributed by atoms with Crippen molar-refractivity contribution in [2.75, 3.05) is 61.1 Å². The lowest BCUT2D eigenvalue weighted by atomic mass is 9.89. The minimum atomic E-state index is -1.15. The molecule has 0 spiro atoms. The maximum Gasteiger partial charge on any atom is 0.272 e. The number of ether oxygens (including phenoxy) is 2. The number of likely N-dealkylation sites (tertiary alicyclic amines) is 1. The molecule has 7 unspecified atom stereocenters. The monoisotopic (exact) mass is 992 g/mol. The van der Waals surface area contributed by atoms with Gasteiger partial charge in [0, 0.05) is 59.0 Å². The van der Waals surface area contributed by atoms with Gasteiger partial charge in [-0.2, -0.15) is 0 Å². The van der Waals surface area contributed by atoms with Crippen LogP contribution in [0.4, 0.5) is 0 Å². The summed E-state index contributed by atoms with van der Waals surface area (Å²) in [5.74, 6) is -3.10. The summed E-state index contributed by atoms with van der Waals surface area (Å²) in [5, 5.41) is 7.70. The zero-order chi connectivity index (χ0) is 52.2. The van der Waals surface area contributed by atoms with Crippen molar-refractivity contribution in [3.63, 3.8) is 0 Å². The molecule has 396 valence electrons. The Hall–Kier alpha value is -4.71. The molecule has 0 bridgehead atoms. The molecule has 10 atom stereocenters. The Kier molecular flexibility index (Phi) is 21.2. The van der Waals surface area contributed by atoms with Crippen LogP contribution in [-0.4, -0.2) is 169 Å². The number of carbonyl (C=O) groups is 7. The summed E-state index contributed by atoms with van der Waals surface area (Å²) in [4.78, 5) is 108. The summed E-state index contributed by atoms with van der Waals surface area (Å²) < 4.78 is 12.2. The standard InChI is InChI=1S/C54H85N7O10/c1-12-37(6)48(58(9)52(67)46(35(2)3)55-51(66)47(36(4)5)57(8)28-18-13-14-19-29-60-43(62)26-27-44(60)63)42(69-10)33-45(64)59-30-22-25-41(59)49(70-11)38(7)50(65)56-54(53(68)61-31-20-21-32-71-61)34-40(54)39-23-16-15-17-24-39/h15-17,23-24,26-27,35-38,40-42,46-49H,12-14,18-22,25,28-34H2,1-11H3,(H,55,66)(H,56,65)/t37?,38?,40-,41+,42?,46?,47?,48?,49?,54+/m1/s1. The first kappa shape index (κ1) is 57.2. The van der Waals surface area contributed by atoms with Crippen LogP contribution in [0, 0.1) is 23.7 Å². The molecule has 5 rings (SSSR count). The number of benzene rings is 1. The Bertz CT molecular complexity index is 1990. The van der Waals surface area contributed by atoms with Crippen molar-refractivity contribution in [1.29, 1.82) is 0 Å². The van der Waals surface area contributed by atoms with E-state index in [9.17, 15) is 33.6 Å². The van der Waals surface area contributed by atoms with Gasteiger partial charge in [0.2, 0.25) is 23.6 Å². The molecule has 0 aromatic heterocycles. The molecule has 2 N–H and O–H groups in total. The minimum absolute atomic E-state index is 0.0204. The van der Waals surface area contributed by atoms with E-state index in [0.29, 0.717) is 64.9 Å². The summed E-state index contributed by atoms with van der Waals surface area (Å²) in [6.45, 7) is 16.1. The predicted molar refractivity (Wildman–Crippen MR) is 270 cm³/mol. The molecule has 7 amide bonds. The molecule has 1 aliphatic carbocycles. The van der Waals surface area contributed by atoms with Gasteiger partial charge in [0.15, 0.2) is 0 Å². The lowest BCUT2D eigenvalue weighted by molar-refractivity contribution is -0.200. The molecule has 0 radical (unpaired) electrons. The van der Waals surface area contributed by atoms with Crippen LogP contribution in [0.5, 0.6) is 0 Å². The molecule has 3 aliphatic heterocycles. The lowest BCUT2D eigenvalue weighted by Crippen LogP contribution is -2.60. The van der Waals surface area contributed by atoms with Crippen LogP contribution < -0.4 is 10.6 Å². The summed E-state index contributed by atoms with van der Waals surface area (Å²) >= 11 is 0. The second-order valence-corrected chi connectivity index (χ2v) is 21.1. The van der Waals surface area contributed by atoms with Gasteiger partial charge in [-0.15, -0.1) is 0 Å². The van der Waals surface area contributed by atoms with E-state index in [1.807, 2.05) is 83.8 Å². The van der Waals surface area contributed by atoms with Crippen LogP contribution in [0.1, 0.15) is 131 Å². The van der Waals surface area contributed by atoms with Crippen molar-refractivity contribution >= 4 is 41.4 Å². The van der Waals surface area contributed by atoms with Gasteiger partial charge < -0.3 is 29.9 Å². The van der Waals surface area contributed by atoms with Crippen molar-refractivity contribution in [2.24, 2.45) is 23.7 Å². The second-order valence-electron chi connectivity index (χ2n) is 21.1. The highest BCUT2D eigenvalue weighted by molar-refractivity contribution is 6.12. The van der Waals surface area contributed by atoms with Crippen molar-refractivity contribution in [3.05, 3.63) is 48.0 Å². The highest BCUT2D eigenvalue weighted by atomic mass is 16.7. The van der Waals surface area contributed by atoms with Crippen LogP contribution >= 0.6 is 0 Å². The number of rotatable bonds is 27. The number of amides is 7. The summed E-state index contributed by atoms with van der Waals surface area (Å²) in [6, 6.07) is 7.46. The van der Waals surface area contributed by atoms with E-state index in [0.717, 1.165) is 37.7 Å². The van der Waals surface area contributed by atoms with E-state index >= 15 is 0 Å².